The Kier molecular flexibility index (Phi) is 5.28. The first-order chi connectivity index (χ1) is 11.6. The molecule has 5 nitrogen and oxygen atoms in total. The molecule has 3 rings (SSSR count). The number of rotatable bonds is 5. The van der Waals surface area contributed by atoms with Crippen molar-refractivity contribution in [2.24, 2.45) is 0 Å². The minimum Gasteiger partial charge on any atom is -0.375 e. The number of nitrogens with one attached hydrogen (secondary N) is 1. The van der Waals surface area contributed by atoms with Gasteiger partial charge in [-0.3, -0.25) is 4.79 Å². The summed E-state index contributed by atoms with van der Waals surface area (Å²) in [5.74, 6) is 0.0801. The van der Waals surface area contributed by atoms with E-state index in [1.54, 1.807) is 23.3 Å². The number of nitrogens with zero attached hydrogens (tertiary/aromatic N) is 2. The van der Waals surface area contributed by atoms with Crippen LogP contribution in [0.2, 0.25) is 0 Å². The van der Waals surface area contributed by atoms with Crippen molar-refractivity contribution in [3.8, 4) is 0 Å². The van der Waals surface area contributed by atoms with E-state index in [-0.39, 0.29) is 18.1 Å². The molecule has 0 saturated heterocycles. The Morgan fingerprint density at radius 3 is 3.08 bits per heavy atom. The van der Waals surface area contributed by atoms with E-state index >= 15 is 0 Å². The first-order valence-corrected chi connectivity index (χ1v) is 9.01. The molecule has 128 valence electrons. The Hall–Kier alpha value is -1.76. The number of benzene rings is 1. The summed E-state index contributed by atoms with van der Waals surface area (Å²) in [7, 11) is 3.51. The van der Waals surface area contributed by atoms with Gasteiger partial charge in [-0.1, -0.05) is 24.3 Å². The third-order valence-corrected chi connectivity index (χ3v) is 5.46. The fraction of sp³-hybridized carbons (Fsp3) is 0.444. The average Bonchev–Trinajstić information content (AvgIpc) is 3.08. The lowest BCUT2D eigenvalue weighted by Crippen LogP contribution is -2.42. The van der Waals surface area contributed by atoms with Gasteiger partial charge >= 0.3 is 0 Å². The van der Waals surface area contributed by atoms with Crippen LogP contribution in [0.4, 0.5) is 0 Å². The van der Waals surface area contributed by atoms with Crippen LogP contribution in [-0.4, -0.2) is 36.5 Å². The van der Waals surface area contributed by atoms with Crippen molar-refractivity contribution >= 4 is 17.2 Å². The van der Waals surface area contributed by atoms with Crippen LogP contribution in [0, 0.1) is 0 Å². The zero-order chi connectivity index (χ0) is 17.1. The van der Waals surface area contributed by atoms with Gasteiger partial charge in [-0.05, 0) is 24.5 Å². The Labute approximate surface area is 146 Å². The van der Waals surface area contributed by atoms with Crippen molar-refractivity contribution in [1.29, 1.82) is 0 Å². The van der Waals surface area contributed by atoms with E-state index in [4.69, 9.17) is 4.74 Å². The molecule has 1 N–H and O–H groups in total. The second-order valence-electron chi connectivity index (χ2n) is 6.09. The number of fused-ring (bicyclic) bond motifs is 1. The number of hydrogen-bond acceptors (Lipinski definition) is 5. The Balaban J connectivity index is 1.70. The summed E-state index contributed by atoms with van der Waals surface area (Å²) in [6.45, 7) is 3.31. The molecule has 0 aliphatic carbocycles. The molecule has 0 unspecified atom stereocenters. The number of carbonyl (C=O) groups is 1. The van der Waals surface area contributed by atoms with Crippen LogP contribution in [0.1, 0.15) is 40.9 Å². The summed E-state index contributed by atoms with van der Waals surface area (Å²) in [6, 6.07) is 7.90. The first kappa shape index (κ1) is 17.1. The largest absolute Gasteiger partial charge is 0.375 e. The predicted molar refractivity (Wildman–Crippen MR) is 94.9 cm³/mol. The molecule has 0 fully saturated rings. The van der Waals surface area contributed by atoms with Crippen molar-refractivity contribution in [2.75, 3.05) is 20.7 Å². The highest BCUT2D eigenvalue weighted by Gasteiger charge is 2.28. The van der Waals surface area contributed by atoms with Gasteiger partial charge in [0.05, 0.1) is 12.2 Å². The van der Waals surface area contributed by atoms with Crippen molar-refractivity contribution in [3.63, 3.8) is 0 Å². The number of likely N-dealkylation sites (N-methyl/N-ethyl adjacent to an activating group) is 1. The third-order valence-electron chi connectivity index (χ3n) is 4.40. The molecule has 1 aromatic heterocycles. The highest BCUT2D eigenvalue weighted by Crippen LogP contribution is 2.25. The number of ether oxygens (including phenoxy) is 1. The van der Waals surface area contributed by atoms with Crippen LogP contribution in [0.5, 0.6) is 0 Å². The quantitative estimate of drug-likeness (QED) is 0.905. The molecule has 0 radical (unpaired) electrons. The van der Waals surface area contributed by atoms with Gasteiger partial charge in [0.15, 0.2) is 0 Å². The third kappa shape index (κ3) is 3.50. The van der Waals surface area contributed by atoms with Crippen molar-refractivity contribution in [1.82, 2.24) is 15.2 Å². The van der Waals surface area contributed by atoms with Crippen molar-refractivity contribution < 1.29 is 9.53 Å². The maximum atomic E-state index is 12.9. The number of thiazole rings is 1. The summed E-state index contributed by atoms with van der Waals surface area (Å²) in [5, 5.41) is 6.28. The van der Waals surface area contributed by atoms with Gasteiger partial charge < -0.3 is 15.0 Å². The molecule has 1 aliphatic heterocycles. The highest BCUT2D eigenvalue weighted by atomic mass is 32.1. The highest BCUT2D eigenvalue weighted by molar-refractivity contribution is 7.09. The van der Waals surface area contributed by atoms with Crippen LogP contribution in [0.15, 0.2) is 29.6 Å². The van der Waals surface area contributed by atoms with Gasteiger partial charge in [0.2, 0.25) is 5.91 Å². The molecule has 2 atom stereocenters. The Morgan fingerprint density at radius 1 is 1.50 bits per heavy atom. The summed E-state index contributed by atoms with van der Waals surface area (Å²) in [5.41, 5.74) is 3.25. The van der Waals surface area contributed by atoms with E-state index in [1.807, 2.05) is 37.6 Å². The van der Waals surface area contributed by atoms with E-state index < -0.39 is 0 Å². The van der Waals surface area contributed by atoms with Crippen molar-refractivity contribution in [2.45, 2.75) is 32.0 Å². The monoisotopic (exact) mass is 345 g/mol. The van der Waals surface area contributed by atoms with Crippen LogP contribution in [0.3, 0.4) is 0 Å². The molecule has 6 heteroatoms. The maximum absolute atomic E-state index is 12.9. The lowest BCUT2D eigenvalue weighted by Gasteiger charge is -2.29. The fourth-order valence-electron chi connectivity index (χ4n) is 2.95. The minimum absolute atomic E-state index is 0.0170. The van der Waals surface area contributed by atoms with E-state index in [1.165, 1.54) is 5.56 Å². The van der Waals surface area contributed by atoms with Crippen molar-refractivity contribution in [3.05, 3.63) is 51.5 Å². The topological polar surface area (TPSA) is 54.5 Å². The number of carbonyl (C=O) groups excluding carboxylic acids is 1. The molecule has 1 aliphatic rings. The second-order valence-corrected chi connectivity index (χ2v) is 6.97. The smallest absolute Gasteiger partial charge is 0.244 e. The Bertz CT molecular complexity index is 716. The summed E-state index contributed by atoms with van der Waals surface area (Å²) in [6.07, 6.45) is 0.949. The minimum atomic E-state index is -0.268. The average molecular weight is 345 g/mol. The summed E-state index contributed by atoms with van der Waals surface area (Å²) < 4.78 is 5.29. The number of hydrogen-bond donors (Lipinski definition) is 1. The number of aromatic nitrogens is 1. The predicted octanol–water partition coefficient (Wildman–Crippen LogP) is 2.70. The van der Waals surface area contributed by atoms with Crippen LogP contribution < -0.4 is 5.32 Å². The standard InChI is InChI=1S/C18H23N3O2S/c1-12(23-3)17-20-14(11-24-17)10-21(2)18(22)16-15-7-5-4-6-13(15)8-9-19-16/h4-7,11-12,16,19H,8-10H2,1-3H3/t12-,16-/m0/s1. The molecule has 0 saturated carbocycles. The zero-order valence-electron chi connectivity index (χ0n) is 14.3. The molecule has 2 aromatic rings. The molecular weight excluding hydrogens is 322 g/mol. The van der Waals surface area contributed by atoms with E-state index in [2.05, 4.69) is 16.4 Å². The first-order valence-electron chi connectivity index (χ1n) is 8.13. The van der Waals surface area contributed by atoms with E-state index in [9.17, 15) is 4.79 Å². The molecule has 0 bridgehead atoms. The molecular formula is C18H23N3O2S. The Morgan fingerprint density at radius 2 is 2.29 bits per heavy atom. The fourth-order valence-corrected chi connectivity index (χ4v) is 3.79. The lowest BCUT2D eigenvalue weighted by atomic mass is 9.93. The van der Waals surface area contributed by atoms with Crippen LogP contribution in [0.25, 0.3) is 0 Å². The summed E-state index contributed by atoms with van der Waals surface area (Å²) in [4.78, 5) is 19.2. The zero-order valence-corrected chi connectivity index (χ0v) is 15.1. The SMILES string of the molecule is CO[C@@H](C)c1nc(CN(C)C(=O)[C@H]2NCCc3ccccc32)cs1. The van der Waals surface area contributed by atoms with E-state index in [0.29, 0.717) is 6.54 Å². The lowest BCUT2D eigenvalue weighted by molar-refractivity contribution is -0.133. The maximum Gasteiger partial charge on any atom is 0.244 e. The second kappa shape index (κ2) is 7.42. The van der Waals surface area contributed by atoms with Gasteiger partial charge in [-0.2, -0.15) is 0 Å². The van der Waals surface area contributed by atoms with Gasteiger partial charge in [0.25, 0.3) is 0 Å². The van der Waals surface area contributed by atoms with E-state index in [0.717, 1.165) is 29.2 Å². The van der Waals surface area contributed by atoms with Crippen LogP contribution in [-0.2, 0) is 22.5 Å². The van der Waals surface area contributed by atoms with Crippen LogP contribution >= 0.6 is 11.3 Å². The number of methoxy groups -OCH3 is 1. The molecule has 0 spiro atoms. The molecule has 1 amide bonds. The van der Waals surface area contributed by atoms with Gasteiger partial charge in [-0.15, -0.1) is 11.3 Å². The number of amides is 1. The molecule has 24 heavy (non-hydrogen) atoms. The normalized spacial score (nSPS) is 18.0. The van der Waals surface area contributed by atoms with Gasteiger partial charge in [-0.25, -0.2) is 4.98 Å². The molecule has 2 heterocycles. The molecule has 1 aromatic carbocycles. The van der Waals surface area contributed by atoms with Gasteiger partial charge in [0.1, 0.15) is 17.2 Å². The van der Waals surface area contributed by atoms with Gasteiger partial charge in [0, 0.05) is 26.1 Å². The summed E-state index contributed by atoms with van der Waals surface area (Å²) >= 11 is 1.57.